The molecule has 0 aliphatic carbocycles. The van der Waals surface area contributed by atoms with E-state index in [9.17, 15) is 9.59 Å². The summed E-state index contributed by atoms with van der Waals surface area (Å²) < 4.78 is 0. The minimum atomic E-state index is -0.483. The van der Waals surface area contributed by atoms with E-state index in [4.69, 9.17) is 0 Å². The van der Waals surface area contributed by atoms with Crippen LogP contribution in [0.3, 0.4) is 0 Å². The van der Waals surface area contributed by atoms with E-state index in [1.807, 2.05) is 62.4 Å². The predicted molar refractivity (Wildman–Crippen MR) is 94.6 cm³/mol. The van der Waals surface area contributed by atoms with Gasteiger partial charge in [0.15, 0.2) is 12.6 Å². The molecule has 2 aromatic carbocycles. The van der Waals surface area contributed by atoms with Crippen molar-refractivity contribution >= 4 is 17.5 Å². The molecule has 2 aromatic rings. The fourth-order valence-electron chi connectivity index (χ4n) is 2.46. The van der Waals surface area contributed by atoms with E-state index in [-0.39, 0.29) is 18.4 Å². The molecular weight excluding hydrogens is 302 g/mol. The molecule has 126 valence electrons. The number of anilines is 1. The molecule has 24 heavy (non-hydrogen) atoms. The second kappa shape index (κ2) is 8.26. The number of likely N-dealkylation sites (N-methyl/N-ethyl adjacent to an activating group) is 1. The number of rotatable bonds is 6. The first-order valence-corrected chi connectivity index (χ1v) is 7.98. The number of aryl methyl sites for hydroxylation is 2. The maximum absolute atomic E-state index is 12.8. The lowest BCUT2D eigenvalue weighted by Crippen LogP contribution is -2.89. The quantitative estimate of drug-likeness (QED) is 0.748. The average Bonchev–Trinajstić information content (AvgIpc) is 2.59. The monoisotopic (exact) mass is 326 g/mol. The maximum atomic E-state index is 12.8. The van der Waals surface area contributed by atoms with Crippen molar-refractivity contribution in [3.8, 4) is 0 Å². The van der Waals surface area contributed by atoms with Gasteiger partial charge in [-0.2, -0.15) is 0 Å². The van der Waals surface area contributed by atoms with Crippen molar-refractivity contribution in [1.82, 2.24) is 5.32 Å². The van der Waals surface area contributed by atoms with E-state index in [1.54, 1.807) is 12.4 Å². The average molecular weight is 326 g/mol. The molecule has 0 aromatic heterocycles. The smallest absolute Gasteiger partial charge is 0.287 e. The summed E-state index contributed by atoms with van der Waals surface area (Å²) in [6.07, 6.45) is 0. The fraction of sp³-hybridized carbons (Fsp3) is 0.263. The van der Waals surface area contributed by atoms with E-state index in [0.29, 0.717) is 0 Å². The highest BCUT2D eigenvalue weighted by Crippen LogP contribution is 2.18. The van der Waals surface area contributed by atoms with Crippen molar-refractivity contribution in [2.75, 3.05) is 18.9 Å². The van der Waals surface area contributed by atoms with Gasteiger partial charge in [0.25, 0.3) is 11.8 Å². The summed E-state index contributed by atoms with van der Waals surface area (Å²) in [6, 6.07) is 14.9. The number of nitrogens with one attached hydrogen (secondary N) is 2. The number of hydrogen-bond acceptors (Lipinski definition) is 2. The first-order chi connectivity index (χ1) is 11.5. The highest BCUT2D eigenvalue weighted by atomic mass is 16.2. The van der Waals surface area contributed by atoms with Crippen LogP contribution in [0, 0.1) is 13.8 Å². The van der Waals surface area contributed by atoms with Gasteiger partial charge < -0.3 is 16.0 Å². The van der Waals surface area contributed by atoms with Crippen molar-refractivity contribution in [1.29, 1.82) is 0 Å². The molecule has 0 radical (unpaired) electrons. The highest BCUT2D eigenvalue weighted by Gasteiger charge is 2.25. The Morgan fingerprint density at radius 2 is 1.79 bits per heavy atom. The Hall–Kier alpha value is -2.66. The first-order valence-electron chi connectivity index (χ1n) is 7.98. The van der Waals surface area contributed by atoms with E-state index in [1.165, 1.54) is 0 Å². The van der Waals surface area contributed by atoms with Crippen LogP contribution >= 0.6 is 0 Å². The van der Waals surface area contributed by atoms with E-state index < -0.39 is 6.04 Å². The van der Waals surface area contributed by atoms with Crippen molar-refractivity contribution in [3.63, 3.8) is 0 Å². The number of carbonyl (C=O) groups excluding carboxylic acids is 2. The summed E-state index contributed by atoms with van der Waals surface area (Å²) in [5.74, 6) is -0.255. The van der Waals surface area contributed by atoms with Gasteiger partial charge in [0, 0.05) is 18.3 Å². The molecule has 5 nitrogen and oxygen atoms in total. The molecular formula is C19H24N3O2+. The van der Waals surface area contributed by atoms with Crippen LogP contribution in [-0.2, 0) is 9.59 Å². The van der Waals surface area contributed by atoms with Crippen LogP contribution in [0.15, 0.2) is 48.5 Å². The molecule has 0 heterocycles. The molecule has 1 atom stereocenters. The van der Waals surface area contributed by atoms with Gasteiger partial charge in [0.05, 0.1) is 0 Å². The zero-order chi connectivity index (χ0) is 17.5. The number of carbonyl (C=O) groups is 2. The normalized spacial score (nSPS) is 11.6. The van der Waals surface area contributed by atoms with Crippen LogP contribution in [0.1, 0.15) is 22.7 Å². The van der Waals surface area contributed by atoms with Crippen LogP contribution in [0.2, 0.25) is 0 Å². The lowest BCUT2D eigenvalue weighted by Gasteiger charge is -2.17. The fourth-order valence-corrected chi connectivity index (χ4v) is 2.46. The SMILES string of the molecule is CNC(=O)C[NH2+][C@H](C(=O)Nc1cc(C)ccc1C)c1ccccc1. The minimum Gasteiger partial charge on any atom is -0.354 e. The molecule has 0 aliphatic rings. The number of benzene rings is 2. The molecule has 0 saturated carbocycles. The summed E-state index contributed by atoms with van der Waals surface area (Å²) in [6.45, 7) is 4.14. The van der Waals surface area contributed by atoms with Crippen molar-refractivity contribution < 1.29 is 14.9 Å². The highest BCUT2D eigenvalue weighted by molar-refractivity contribution is 5.95. The van der Waals surface area contributed by atoms with Gasteiger partial charge in [-0.25, -0.2) is 0 Å². The second-order valence-corrected chi connectivity index (χ2v) is 5.81. The maximum Gasteiger partial charge on any atom is 0.287 e. The van der Waals surface area contributed by atoms with Crippen molar-refractivity contribution in [3.05, 3.63) is 65.2 Å². The Labute approximate surface area is 142 Å². The lowest BCUT2D eigenvalue weighted by atomic mass is 10.1. The Bertz CT molecular complexity index is 714. The minimum absolute atomic E-state index is 0.115. The van der Waals surface area contributed by atoms with Gasteiger partial charge in [0.2, 0.25) is 0 Å². The van der Waals surface area contributed by atoms with E-state index in [0.717, 1.165) is 22.4 Å². The number of amides is 2. The lowest BCUT2D eigenvalue weighted by molar-refractivity contribution is -0.672. The molecule has 0 saturated heterocycles. The molecule has 0 spiro atoms. The summed E-state index contributed by atoms with van der Waals surface area (Å²) in [4.78, 5) is 24.4. The van der Waals surface area contributed by atoms with Gasteiger partial charge in [-0.1, -0.05) is 42.5 Å². The first kappa shape index (κ1) is 17.7. The molecule has 0 bridgehead atoms. The second-order valence-electron chi connectivity index (χ2n) is 5.81. The largest absolute Gasteiger partial charge is 0.354 e. The zero-order valence-corrected chi connectivity index (χ0v) is 14.3. The summed E-state index contributed by atoms with van der Waals surface area (Å²) in [5, 5.41) is 7.31. The topological polar surface area (TPSA) is 74.8 Å². The molecule has 2 rings (SSSR count). The third kappa shape index (κ3) is 4.67. The van der Waals surface area contributed by atoms with Gasteiger partial charge >= 0.3 is 0 Å². The number of hydrogen-bond donors (Lipinski definition) is 3. The predicted octanol–water partition coefficient (Wildman–Crippen LogP) is 1.29. The van der Waals surface area contributed by atoms with Gasteiger partial charge in [-0.3, -0.25) is 9.59 Å². The van der Waals surface area contributed by atoms with Crippen LogP contribution < -0.4 is 16.0 Å². The van der Waals surface area contributed by atoms with Gasteiger partial charge in [-0.15, -0.1) is 0 Å². The summed E-state index contributed by atoms with van der Waals surface area (Å²) >= 11 is 0. The summed E-state index contributed by atoms with van der Waals surface area (Å²) in [5.41, 5.74) is 3.76. The molecule has 4 N–H and O–H groups in total. The standard InChI is InChI=1S/C19H23N3O2/c1-13-9-10-14(2)16(11-13)22-19(24)18(21-12-17(23)20-3)15-7-5-4-6-8-15/h4-11,18,21H,12H2,1-3H3,(H,20,23)(H,22,24)/p+1/t18-/m0/s1. The van der Waals surface area contributed by atoms with Crippen LogP contribution in [-0.4, -0.2) is 25.4 Å². The van der Waals surface area contributed by atoms with Crippen LogP contribution in [0.4, 0.5) is 5.69 Å². The molecule has 0 unspecified atom stereocenters. The Balaban J connectivity index is 2.20. The van der Waals surface area contributed by atoms with Gasteiger partial charge in [-0.05, 0) is 31.0 Å². The van der Waals surface area contributed by atoms with Gasteiger partial charge in [0.1, 0.15) is 0 Å². The van der Waals surface area contributed by atoms with Crippen molar-refractivity contribution in [2.24, 2.45) is 0 Å². The molecule has 0 aliphatic heterocycles. The zero-order valence-electron chi connectivity index (χ0n) is 14.3. The Morgan fingerprint density at radius 1 is 1.08 bits per heavy atom. The Kier molecular flexibility index (Phi) is 6.09. The van der Waals surface area contributed by atoms with Crippen molar-refractivity contribution in [2.45, 2.75) is 19.9 Å². The number of quaternary nitrogens is 1. The van der Waals surface area contributed by atoms with Crippen LogP contribution in [0.25, 0.3) is 0 Å². The molecule has 0 fully saturated rings. The van der Waals surface area contributed by atoms with Crippen LogP contribution in [0.5, 0.6) is 0 Å². The third-order valence-corrected chi connectivity index (χ3v) is 3.91. The number of nitrogens with two attached hydrogens (primary N) is 1. The van der Waals surface area contributed by atoms with E-state index >= 15 is 0 Å². The third-order valence-electron chi connectivity index (χ3n) is 3.91. The molecule has 2 amide bonds. The molecule has 5 heteroatoms. The van der Waals surface area contributed by atoms with E-state index in [2.05, 4.69) is 10.6 Å². The summed E-state index contributed by atoms with van der Waals surface area (Å²) in [7, 11) is 1.59. The Morgan fingerprint density at radius 3 is 2.46 bits per heavy atom.